The van der Waals surface area contributed by atoms with Crippen LogP contribution in [0.3, 0.4) is 0 Å². The smallest absolute Gasteiger partial charge is 0.183 e. The highest BCUT2D eigenvalue weighted by molar-refractivity contribution is 9.10. The molecule has 0 saturated carbocycles. The molecule has 0 radical (unpaired) electrons. The fourth-order valence-electron chi connectivity index (χ4n) is 2.71. The summed E-state index contributed by atoms with van der Waals surface area (Å²) in [5.74, 6) is 0.0366. The van der Waals surface area contributed by atoms with Gasteiger partial charge in [0.1, 0.15) is 16.5 Å². The van der Waals surface area contributed by atoms with Gasteiger partial charge in [-0.3, -0.25) is 0 Å². The summed E-state index contributed by atoms with van der Waals surface area (Å²) in [6, 6.07) is 3.33. The van der Waals surface area contributed by atoms with Crippen molar-refractivity contribution < 1.29 is 14.2 Å². The number of aromatic hydroxyl groups is 1. The van der Waals surface area contributed by atoms with Crippen LogP contribution in [0.15, 0.2) is 28.2 Å². The third kappa shape index (κ3) is 3.77. The molecule has 0 atom stereocenters. The Bertz CT molecular complexity index is 997. The van der Waals surface area contributed by atoms with Crippen molar-refractivity contribution in [1.82, 2.24) is 15.0 Å². The number of ether oxygens (including phenoxy) is 1. The Labute approximate surface area is 171 Å². The Kier molecular flexibility index (Phi) is 5.27. The van der Waals surface area contributed by atoms with Gasteiger partial charge in [0.05, 0.1) is 30.0 Å². The maximum absolute atomic E-state index is 14.2. The monoisotopic (exact) mass is 470 g/mol. The van der Waals surface area contributed by atoms with Crippen LogP contribution < -0.4 is 4.90 Å². The van der Waals surface area contributed by atoms with Crippen molar-refractivity contribution in [3.8, 4) is 27.8 Å². The Hall–Kier alpha value is -1.81. The summed E-state index contributed by atoms with van der Waals surface area (Å²) in [5.41, 5.74) is 1.00. The number of hydrogen-bond donors (Lipinski definition) is 1. The van der Waals surface area contributed by atoms with E-state index in [0.717, 1.165) is 10.7 Å². The van der Waals surface area contributed by atoms with Crippen molar-refractivity contribution in [2.45, 2.75) is 0 Å². The minimum Gasteiger partial charge on any atom is -0.506 e. The first-order chi connectivity index (χ1) is 13.0. The molecule has 3 heterocycles. The van der Waals surface area contributed by atoms with Crippen LogP contribution in [0.25, 0.3) is 22.1 Å². The van der Waals surface area contributed by atoms with Crippen molar-refractivity contribution in [1.29, 1.82) is 0 Å². The van der Waals surface area contributed by atoms with Gasteiger partial charge in [0.2, 0.25) is 0 Å². The van der Waals surface area contributed by atoms with Crippen LogP contribution in [-0.4, -0.2) is 46.4 Å². The maximum Gasteiger partial charge on any atom is 0.183 e. The van der Waals surface area contributed by atoms with Gasteiger partial charge in [0.15, 0.2) is 17.5 Å². The molecule has 1 aromatic carbocycles. The van der Waals surface area contributed by atoms with Gasteiger partial charge in [-0.05, 0) is 12.1 Å². The van der Waals surface area contributed by atoms with Gasteiger partial charge in [0.25, 0.3) is 0 Å². The molecule has 0 spiro atoms. The molecule has 140 valence electrons. The van der Waals surface area contributed by atoms with Crippen molar-refractivity contribution in [2.24, 2.45) is 0 Å². The number of nitrogens with zero attached hydrogens (tertiary/aromatic N) is 4. The summed E-state index contributed by atoms with van der Waals surface area (Å²) >= 11 is 10.7. The maximum atomic E-state index is 14.2. The second-order valence-corrected chi connectivity index (χ2v) is 7.97. The molecule has 0 bridgehead atoms. The van der Waals surface area contributed by atoms with E-state index in [9.17, 15) is 9.50 Å². The summed E-state index contributed by atoms with van der Waals surface area (Å²) in [5, 5.41) is 12.8. The second kappa shape index (κ2) is 7.67. The summed E-state index contributed by atoms with van der Waals surface area (Å²) < 4.78 is 20.2. The molecule has 10 heteroatoms. The number of hydrogen-bond acceptors (Lipinski definition) is 7. The molecule has 1 aliphatic heterocycles. The lowest BCUT2D eigenvalue weighted by atomic mass is 10.2. The number of thiazole rings is 1. The van der Waals surface area contributed by atoms with E-state index in [-0.39, 0.29) is 16.6 Å². The molecule has 1 fully saturated rings. The molecule has 1 N–H and O–H groups in total. The zero-order chi connectivity index (χ0) is 19.0. The molecule has 1 saturated heterocycles. The van der Waals surface area contributed by atoms with E-state index in [1.807, 2.05) is 4.90 Å². The fourth-order valence-corrected chi connectivity index (χ4v) is 4.33. The standard InChI is InChI=1S/C17H13BrClFN4O2S/c18-9-5-10(14(25)11(19)6-9)17-22-13(8-27-17)15-21-7-12(20)16(23-15)24-1-3-26-4-2-24/h5-8,25H,1-4H2. The average molecular weight is 472 g/mol. The van der Waals surface area contributed by atoms with Crippen molar-refractivity contribution >= 4 is 44.7 Å². The first-order valence-electron chi connectivity index (χ1n) is 8.02. The quantitative estimate of drug-likeness (QED) is 0.612. The molecular formula is C17H13BrClFN4O2S. The largest absolute Gasteiger partial charge is 0.506 e. The predicted octanol–water partition coefficient (Wildman–Crippen LogP) is 4.36. The molecule has 3 aromatic rings. The third-order valence-corrected chi connectivity index (χ3v) is 5.65. The van der Waals surface area contributed by atoms with Crippen LogP contribution in [0.1, 0.15) is 0 Å². The van der Waals surface area contributed by atoms with Crippen LogP contribution in [-0.2, 0) is 4.74 Å². The Morgan fingerprint density at radius 2 is 2.04 bits per heavy atom. The van der Waals surface area contributed by atoms with Crippen molar-refractivity contribution in [2.75, 3.05) is 31.2 Å². The Balaban J connectivity index is 1.70. The Morgan fingerprint density at radius 1 is 1.26 bits per heavy atom. The van der Waals surface area contributed by atoms with Gasteiger partial charge in [-0.15, -0.1) is 11.3 Å². The first kappa shape index (κ1) is 18.5. The number of rotatable bonds is 3. The molecule has 27 heavy (non-hydrogen) atoms. The Morgan fingerprint density at radius 3 is 2.81 bits per heavy atom. The summed E-state index contributed by atoms with van der Waals surface area (Å²) in [7, 11) is 0. The lowest BCUT2D eigenvalue weighted by Crippen LogP contribution is -2.37. The topological polar surface area (TPSA) is 71.4 Å². The lowest BCUT2D eigenvalue weighted by Gasteiger charge is -2.27. The van der Waals surface area contributed by atoms with E-state index < -0.39 is 5.82 Å². The fraction of sp³-hybridized carbons (Fsp3) is 0.235. The molecular weight excluding hydrogens is 459 g/mol. The minimum absolute atomic E-state index is 0.0465. The molecule has 4 rings (SSSR count). The van der Waals surface area contributed by atoms with Crippen LogP contribution in [0.5, 0.6) is 5.75 Å². The first-order valence-corrected chi connectivity index (χ1v) is 10.1. The number of aromatic nitrogens is 3. The van der Waals surface area contributed by atoms with E-state index in [1.54, 1.807) is 17.5 Å². The summed E-state index contributed by atoms with van der Waals surface area (Å²) in [6.45, 7) is 2.20. The van der Waals surface area contributed by atoms with Crippen LogP contribution in [0.2, 0.25) is 5.02 Å². The third-order valence-electron chi connectivity index (χ3n) is 4.03. The number of phenolic OH excluding ortho intramolecular Hbond substituents is 1. The van der Waals surface area contributed by atoms with Crippen LogP contribution in [0.4, 0.5) is 10.2 Å². The van der Waals surface area contributed by atoms with E-state index in [1.165, 1.54) is 11.3 Å². The SMILES string of the molecule is Oc1c(Cl)cc(Br)cc1-c1nc(-c2ncc(F)c(N3CCOCC3)n2)cs1. The zero-order valence-corrected chi connectivity index (χ0v) is 17.0. The summed E-state index contributed by atoms with van der Waals surface area (Å²) in [4.78, 5) is 14.8. The van der Waals surface area contributed by atoms with E-state index in [4.69, 9.17) is 16.3 Å². The molecule has 1 aliphatic rings. The molecule has 0 unspecified atom stereocenters. The highest BCUT2D eigenvalue weighted by Crippen LogP contribution is 2.40. The van der Waals surface area contributed by atoms with Gasteiger partial charge < -0.3 is 14.7 Å². The highest BCUT2D eigenvalue weighted by atomic mass is 79.9. The van der Waals surface area contributed by atoms with E-state index >= 15 is 0 Å². The molecule has 6 nitrogen and oxygen atoms in total. The second-order valence-electron chi connectivity index (χ2n) is 5.79. The average Bonchev–Trinajstić information content (AvgIpc) is 3.15. The van der Waals surface area contributed by atoms with Gasteiger partial charge in [0, 0.05) is 22.9 Å². The number of morpholine rings is 1. The van der Waals surface area contributed by atoms with E-state index in [0.29, 0.717) is 48.4 Å². The molecule has 0 amide bonds. The van der Waals surface area contributed by atoms with Crippen molar-refractivity contribution in [3.05, 3.63) is 39.0 Å². The van der Waals surface area contributed by atoms with Gasteiger partial charge >= 0.3 is 0 Å². The van der Waals surface area contributed by atoms with E-state index in [2.05, 4.69) is 30.9 Å². The molecule has 2 aromatic heterocycles. The summed E-state index contributed by atoms with van der Waals surface area (Å²) in [6.07, 6.45) is 1.15. The number of phenols is 1. The number of anilines is 1. The van der Waals surface area contributed by atoms with Crippen LogP contribution >= 0.6 is 38.9 Å². The predicted molar refractivity (Wildman–Crippen MR) is 106 cm³/mol. The highest BCUT2D eigenvalue weighted by Gasteiger charge is 2.20. The normalized spacial score (nSPS) is 14.6. The van der Waals surface area contributed by atoms with Gasteiger partial charge in [-0.2, -0.15) is 0 Å². The van der Waals surface area contributed by atoms with Gasteiger partial charge in [-0.1, -0.05) is 27.5 Å². The molecule has 0 aliphatic carbocycles. The number of halogens is 3. The van der Waals surface area contributed by atoms with Crippen LogP contribution in [0, 0.1) is 5.82 Å². The lowest BCUT2D eigenvalue weighted by molar-refractivity contribution is 0.122. The van der Waals surface area contributed by atoms with Gasteiger partial charge in [-0.25, -0.2) is 19.3 Å². The van der Waals surface area contributed by atoms with Crippen molar-refractivity contribution in [3.63, 3.8) is 0 Å². The zero-order valence-electron chi connectivity index (χ0n) is 13.8. The minimum atomic E-state index is -0.479. The number of benzene rings is 1.